The van der Waals surface area contributed by atoms with Crippen molar-refractivity contribution in [2.45, 2.75) is 25.7 Å². The summed E-state index contributed by atoms with van der Waals surface area (Å²) in [5, 5.41) is 4.72. The Labute approximate surface area is 525 Å². The van der Waals surface area contributed by atoms with Gasteiger partial charge >= 0.3 is 0 Å². The van der Waals surface area contributed by atoms with Crippen molar-refractivity contribution in [1.29, 1.82) is 0 Å². The van der Waals surface area contributed by atoms with Crippen molar-refractivity contribution < 1.29 is 0 Å². The molecule has 0 saturated heterocycles. The summed E-state index contributed by atoms with van der Waals surface area (Å²) in [5.74, 6) is 0. The molecule has 0 aliphatic heterocycles. The summed E-state index contributed by atoms with van der Waals surface area (Å²) < 4.78 is 4.88. The smallest absolute Gasteiger partial charge is 0.0542 e. The standard InChI is InChI=1S/C84H64N6/c1-9-25-63(26-10-1)85(64-27-11-2-12-28-64)73-49-53-81-77(57-73)78-58-74(86(65-29-13-3-14-30-65)66-31-15-4-16-32-66)50-54-82(78)89(81)71-45-41-61(42-46-71)62-43-47-72(48-44-62)90-83-55-51-75(87(67-33-17-5-18-34-67)68-35-19-6-20-36-68)59-79(83)80-60-76(52-56-84(80)90)88(69-37-21-7-22-38-69)70-39-23-8-24-40-70/h1-3,5-7,9-15,17-23,25-60H,4,8,16,24H2. The summed E-state index contributed by atoms with van der Waals surface area (Å²) in [7, 11) is 0. The molecule has 0 N–H and O–H groups in total. The van der Waals surface area contributed by atoms with Crippen molar-refractivity contribution in [3.63, 3.8) is 0 Å². The first-order valence-electron chi connectivity index (χ1n) is 31.3. The summed E-state index contributed by atoms with van der Waals surface area (Å²) in [6, 6.07) is 110. The third-order valence-electron chi connectivity index (χ3n) is 17.6. The van der Waals surface area contributed by atoms with E-state index in [1.165, 1.54) is 32.9 Å². The van der Waals surface area contributed by atoms with E-state index in [9.17, 15) is 0 Å². The molecule has 0 saturated carbocycles. The van der Waals surface area contributed by atoms with Gasteiger partial charge in [0, 0.05) is 101 Å². The molecule has 0 spiro atoms. The maximum absolute atomic E-state index is 2.44. The van der Waals surface area contributed by atoms with E-state index in [0.29, 0.717) is 0 Å². The minimum Gasteiger partial charge on any atom is -0.311 e. The number of aromatic nitrogens is 2. The molecule has 2 aliphatic carbocycles. The molecule has 16 rings (SSSR count). The Bertz CT molecular complexity index is 4630. The maximum atomic E-state index is 2.44. The zero-order chi connectivity index (χ0) is 59.7. The Kier molecular flexibility index (Phi) is 14.1. The van der Waals surface area contributed by atoms with Crippen LogP contribution in [0, 0.1) is 0 Å². The summed E-state index contributed by atoms with van der Waals surface area (Å²) in [6.45, 7) is 0. The Balaban J connectivity index is 0.800. The first kappa shape index (κ1) is 53.8. The quantitative estimate of drug-likeness (QED) is 0.102. The predicted octanol–water partition coefficient (Wildman–Crippen LogP) is 23.2. The lowest BCUT2D eigenvalue weighted by atomic mass is 10.0. The Morgan fingerprint density at radius 3 is 0.733 bits per heavy atom. The molecule has 12 aromatic carbocycles. The molecule has 6 heteroatoms. The van der Waals surface area contributed by atoms with Crippen LogP contribution in [-0.4, -0.2) is 9.13 Å². The van der Waals surface area contributed by atoms with E-state index in [1.807, 2.05) is 0 Å². The number of benzene rings is 12. The number of anilines is 10. The summed E-state index contributed by atoms with van der Waals surface area (Å²) >= 11 is 0. The van der Waals surface area contributed by atoms with Crippen LogP contribution >= 0.6 is 0 Å². The second kappa shape index (κ2) is 23.6. The average Bonchev–Trinajstić information content (AvgIpc) is 1.64. The maximum Gasteiger partial charge on any atom is 0.0542 e. The zero-order valence-corrected chi connectivity index (χ0v) is 49.8. The second-order valence-electron chi connectivity index (χ2n) is 23.1. The molecule has 0 radical (unpaired) electrons. The van der Waals surface area contributed by atoms with Crippen LogP contribution < -0.4 is 19.6 Å². The lowest BCUT2D eigenvalue weighted by molar-refractivity contribution is 0.997. The van der Waals surface area contributed by atoms with Gasteiger partial charge in [0.1, 0.15) is 0 Å². The van der Waals surface area contributed by atoms with Gasteiger partial charge in [-0.1, -0.05) is 158 Å². The van der Waals surface area contributed by atoms with Crippen LogP contribution in [0.25, 0.3) is 66.1 Å². The fourth-order valence-electron chi connectivity index (χ4n) is 13.5. The Hall–Kier alpha value is -11.6. The van der Waals surface area contributed by atoms with Crippen molar-refractivity contribution in [2.75, 3.05) is 19.6 Å². The number of rotatable bonds is 15. The predicted molar refractivity (Wildman–Crippen MR) is 380 cm³/mol. The average molecular weight is 1160 g/mol. The highest BCUT2D eigenvalue weighted by molar-refractivity contribution is 6.13. The third-order valence-corrected chi connectivity index (χ3v) is 17.6. The lowest BCUT2D eigenvalue weighted by Gasteiger charge is -2.27. The van der Waals surface area contributed by atoms with Crippen LogP contribution in [0.15, 0.2) is 351 Å². The molecule has 2 aromatic heterocycles. The largest absolute Gasteiger partial charge is 0.311 e. The van der Waals surface area contributed by atoms with Crippen LogP contribution in [-0.2, 0) is 0 Å². The van der Waals surface area contributed by atoms with Gasteiger partial charge in [0.25, 0.3) is 0 Å². The lowest BCUT2D eigenvalue weighted by Crippen LogP contribution is -2.16. The normalized spacial score (nSPS) is 13.0. The van der Waals surface area contributed by atoms with Crippen LogP contribution in [0.4, 0.5) is 56.9 Å². The highest BCUT2D eigenvalue weighted by Crippen LogP contribution is 2.45. The highest BCUT2D eigenvalue weighted by Gasteiger charge is 2.24. The van der Waals surface area contributed by atoms with Gasteiger partial charge in [-0.05, 0) is 219 Å². The molecule has 2 heterocycles. The monoisotopic (exact) mass is 1160 g/mol. The van der Waals surface area contributed by atoms with Crippen molar-refractivity contribution in [3.05, 3.63) is 351 Å². The van der Waals surface area contributed by atoms with Gasteiger partial charge in [-0.3, -0.25) is 0 Å². The van der Waals surface area contributed by atoms with Crippen LogP contribution in [0.1, 0.15) is 25.7 Å². The van der Waals surface area contributed by atoms with E-state index in [1.54, 1.807) is 0 Å². The second-order valence-corrected chi connectivity index (χ2v) is 23.1. The number of para-hydroxylation sites is 6. The fourth-order valence-corrected chi connectivity index (χ4v) is 13.5. The number of hydrogen-bond acceptors (Lipinski definition) is 4. The van der Waals surface area contributed by atoms with Gasteiger partial charge in [-0.15, -0.1) is 0 Å². The summed E-state index contributed by atoms with van der Waals surface area (Å²) in [6.07, 6.45) is 18.0. The van der Waals surface area contributed by atoms with E-state index in [4.69, 9.17) is 0 Å². The fraction of sp³-hybridized carbons (Fsp3) is 0.0476. The molecule has 6 nitrogen and oxygen atoms in total. The van der Waals surface area contributed by atoms with E-state index in [0.717, 1.165) is 127 Å². The molecule has 0 atom stereocenters. The minimum atomic E-state index is 1.01. The minimum absolute atomic E-state index is 1.01. The van der Waals surface area contributed by atoms with Crippen molar-refractivity contribution >= 4 is 100 Å². The van der Waals surface area contributed by atoms with Crippen LogP contribution in [0.3, 0.4) is 0 Å². The number of allylic oxidation sites excluding steroid dienone is 6. The van der Waals surface area contributed by atoms with Gasteiger partial charge in [0.2, 0.25) is 0 Å². The molecule has 0 fully saturated rings. The summed E-state index contributed by atoms with van der Waals surface area (Å²) in [5.41, 5.74) is 22.5. The van der Waals surface area contributed by atoms with Crippen LogP contribution in [0.5, 0.6) is 0 Å². The van der Waals surface area contributed by atoms with Crippen LogP contribution in [0.2, 0.25) is 0 Å². The number of fused-ring (bicyclic) bond motifs is 6. The first-order chi connectivity index (χ1) is 44.7. The van der Waals surface area contributed by atoms with Gasteiger partial charge in [-0.25, -0.2) is 0 Å². The SMILES string of the molecule is C1=CC(N(c2ccccc2)c2ccc3c(c2)c2cc(N(c4ccccc4)c4ccccc4)ccc2n3-c2ccc(-c3ccc(-n4c5ccc(N(C6=CCCC=C6)c6ccccc6)cc5c5cc(N(c6ccccc6)c6ccccc6)ccc54)cc3)cc2)=CCC1. The highest BCUT2D eigenvalue weighted by atomic mass is 15.2. The molecule has 0 unspecified atom stereocenters. The van der Waals surface area contributed by atoms with Crippen molar-refractivity contribution in [1.82, 2.24) is 9.13 Å². The Morgan fingerprint density at radius 1 is 0.222 bits per heavy atom. The van der Waals surface area contributed by atoms with E-state index < -0.39 is 0 Å². The molecule has 14 aromatic rings. The molecular formula is C84H64N6. The molecule has 0 bridgehead atoms. The number of nitrogens with zero attached hydrogens (tertiary/aromatic N) is 6. The van der Waals surface area contributed by atoms with E-state index >= 15 is 0 Å². The third kappa shape index (κ3) is 10.0. The molecule has 430 valence electrons. The van der Waals surface area contributed by atoms with E-state index in [-0.39, 0.29) is 0 Å². The first-order valence-corrected chi connectivity index (χ1v) is 31.3. The zero-order valence-electron chi connectivity index (χ0n) is 49.8. The van der Waals surface area contributed by atoms with Gasteiger partial charge in [0.05, 0.1) is 22.1 Å². The van der Waals surface area contributed by atoms with Gasteiger partial charge in [-0.2, -0.15) is 0 Å². The molecule has 90 heavy (non-hydrogen) atoms. The topological polar surface area (TPSA) is 22.8 Å². The molecule has 0 amide bonds. The Morgan fingerprint density at radius 2 is 0.478 bits per heavy atom. The van der Waals surface area contributed by atoms with Gasteiger partial charge < -0.3 is 28.7 Å². The summed E-state index contributed by atoms with van der Waals surface area (Å²) in [4.78, 5) is 9.51. The van der Waals surface area contributed by atoms with Gasteiger partial charge in [0.15, 0.2) is 0 Å². The number of hydrogen-bond donors (Lipinski definition) is 0. The van der Waals surface area contributed by atoms with E-state index in [2.05, 4.69) is 369 Å². The molecular weight excluding hydrogens is 1090 g/mol. The van der Waals surface area contributed by atoms with Crippen molar-refractivity contribution in [3.8, 4) is 22.5 Å². The molecule has 2 aliphatic rings. The van der Waals surface area contributed by atoms with Crippen molar-refractivity contribution in [2.24, 2.45) is 0 Å².